The summed E-state index contributed by atoms with van der Waals surface area (Å²) in [7, 11) is 0. The largest absolute Gasteiger partial charge is 0.384 e. The van der Waals surface area contributed by atoms with Gasteiger partial charge in [-0.3, -0.25) is 0 Å². The monoisotopic (exact) mass is 257 g/mol. The molecule has 0 atom stereocenters. The Morgan fingerprint density at radius 3 is 2.74 bits per heavy atom. The van der Waals surface area contributed by atoms with Crippen molar-refractivity contribution in [2.75, 3.05) is 0 Å². The maximum atomic E-state index is 10.9. The third kappa shape index (κ3) is 2.06. The summed E-state index contributed by atoms with van der Waals surface area (Å²) in [5, 5.41) is 19.3. The number of allylic oxidation sites excluding steroid dienone is 1. The van der Waals surface area contributed by atoms with Crippen molar-refractivity contribution in [1.82, 2.24) is 15.0 Å². The molecule has 3 rings (SSSR count). The highest BCUT2D eigenvalue weighted by Crippen LogP contribution is 2.37. The van der Waals surface area contributed by atoms with Crippen LogP contribution in [0, 0.1) is 0 Å². The van der Waals surface area contributed by atoms with Gasteiger partial charge in [-0.15, -0.1) is 5.10 Å². The lowest BCUT2D eigenvalue weighted by atomic mass is 9.82. The first-order valence-corrected chi connectivity index (χ1v) is 6.94. The Kier molecular flexibility index (Phi) is 3.11. The quantitative estimate of drug-likeness (QED) is 0.899. The minimum absolute atomic E-state index is 0.760. The molecule has 0 radical (unpaired) electrons. The molecule has 1 aromatic carbocycles. The number of aromatic nitrogens is 3. The molecule has 0 aliphatic heterocycles. The third-order valence-electron chi connectivity index (χ3n) is 4.01. The smallest absolute Gasteiger partial charge is 0.113 e. The summed E-state index contributed by atoms with van der Waals surface area (Å²) in [6, 6.07) is 7.86. The van der Waals surface area contributed by atoms with Crippen molar-refractivity contribution in [3.63, 3.8) is 0 Å². The van der Waals surface area contributed by atoms with Crippen molar-refractivity contribution in [1.29, 1.82) is 0 Å². The van der Waals surface area contributed by atoms with Gasteiger partial charge in [0.25, 0.3) is 0 Å². The van der Waals surface area contributed by atoms with Gasteiger partial charge in [0, 0.05) is 0 Å². The van der Waals surface area contributed by atoms with E-state index in [1.807, 2.05) is 37.3 Å². The third-order valence-corrected chi connectivity index (χ3v) is 4.01. The Morgan fingerprint density at radius 2 is 2.00 bits per heavy atom. The van der Waals surface area contributed by atoms with Crippen molar-refractivity contribution in [2.24, 2.45) is 0 Å². The van der Waals surface area contributed by atoms with Crippen LogP contribution >= 0.6 is 0 Å². The van der Waals surface area contributed by atoms with Crippen LogP contribution in [0.2, 0.25) is 0 Å². The first-order valence-electron chi connectivity index (χ1n) is 6.94. The first kappa shape index (κ1) is 12.4. The van der Waals surface area contributed by atoms with E-state index in [0.717, 1.165) is 42.4 Å². The molecular formula is C15H19N3O. The summed E-state index contributed by atoms with van der Waals surface area (Å²) in [4.78, 5) is 0. The summed E-state index contributed by atoms with van der Waals surface area (Å²) in [5.74, 6) is 0. The van der Waals surface area contributed by atoms with Crippen LogP contribution in [0.4, 0.5) is 0 Å². The predicted molar refractivity (Wildman–Crippen MR) is 75.5 cm³/mol. The van der Waals surface area contributed by atoms with E-state index < -0.39 is 5.60 Å². The Morgan fingerprint density at radius 1 is 1.26 bits per heavy atom. The van der Waals surface area contributed by atoms with Crippen LogP contribution in [0.1, 0.15) is 39.0 Å². The van der Waals surface area contributed by atoms with E-state index in [0.29, 0.717) is 0 Å². The highest BCUT2D eigenvalue weighted by Gasteiger charge is 2.35. The predicted octanol–water partition coefficient (Wildman–Crippen LogP) is 2.99. The highest BCUT2D eigenvalue weighted by atomic mass is 16.3. The van der Waals surface area contributed by atoms with Crippen LogP contribution in [0.3, 0.4) is 0 Å². The topological polar surface area (TPSA) is 50.9 Å². The van der Waals surface area contributed by atoms with Gasteiger partial charge in [0.15, 0.2) is 0 Å². The molecule has 4 heteroatoms. The highest BCUT2D eigenvalue weighted by molar-refractivity contribution is 5.78. The normalized spacial score (nSPS) is 19.8. The number of fused-ring (bicyclic) bond motifs is 1. The van der Waals surface area contributed by atoms with Crippen LogP contribution in [0.5, 0.6) is 0 Å². The number of nitrogens with zero attached hydrogens (tertiary/aromatic N) is 3. The van der Waals surface area contributed by atoms with Gasteiger partial charge in [-0.25, -0.2) is 4.68 Å². The van der Waals surface area contributed by atoms with E-state index in [2.05, 4.69) is 10.3 Å². The van der Waals surface area contributed by atoms with Crippen LogP contribution in [0.15, 0.2) is 30.3 Å². The number of aliphatic hydroxyl groups is 1. The Balaban J connectivity index is 2.08. The van der Waals surface area contributed by atoms with Gasteiger partial charge in [0.05, 0.1) is 11.2 Å². The molecule has 19 heavy (non-hydrogen) atoms. The van der Waals surface area contributed by atoms with Gasteiger partial charge in [0.2, 0.25) is 0 Å². The van der Waals surface area contributed by atoms with E-state index in [4.69, 9.17) is 0 Å². The van der Waals surface area contributed by atoms with Gasteiger partial charge in [-0.1, -0.05) is 42.7 Å². The van der Waals surface area contributed by atoms with Crippen molar-refractivity contribution in [2.45, 2.75) is 44.6 Å². The minimum Gasteiger partial charge on any atom is -0.384 e. The molecule has 1 N–H and O–H groups in total. The zero-order chi connectivity index (χ0) is 13.3. The van der Waals surface area contributed by atoms with E-state index in [9.17, 15) is 5.11 Å². The van der Waals surface area contributed by atoms with E-state index in [-0.39, 0.29) is 0 Å². The number of hydrogen-bond acceptors (Lipinski definition) is 3. The molecule has 1 heterocycles. The summed E-state index contributed by atoms with van der Waals surface area (Å²) in [6.07, 6.45) is 6.92. The second kappa shape index (κ2) is 4.78. The molecule has 1 aliphatic carbocycles. The van der Waals surface area contributed by atoms with Gasteiger partial charge >= 0.3 is 0 Å². The summed E-state index contributed by atoms with van der Waals surface area (Å²) < 4.78 is 1.79. The Hall–Kier alpha value is -1.68. The lowest BCUT2D eigenvalue weighted by molar-refractivity contribution is 0.0553. The zero-order valence-corrected chi connectivity index (χ0v) is 11.2. The molecule has 1 aromatic heterocycles. The standard InChI is InChI=1S/C15H19N3O/c1-2-14(15(19)10-6-3-7-11-15)18-13-9-5-4-8-12(13)16-17-18/h2,4-5,8-9,19H,3,6-7,10-11H2,1H3/b14-2-. The number of benzene rings is 1. The number of rotatable bonds is 2. The molecule has 1 aliphatic rings. The minimum atomic E-state index is -0.760. The van der Waals surface area contributed by atoms with Gasteiger partial charge in [-0.05, 0) is 31.9 Å². The molecular weight excluding hydrogens is 238 g/mol. The maximum absolute atomic E-state index is 10.9. The van der Waals surface area contributed by atoms with Gasteiger partial charge in [0.1, 0.15) is 11.1 Å². The Bertz CT molecular complexity index is 609. The fourth-order valence-corrected chi connectivity index (χ4v) is 3.03. The molecule has 0 amide bonds. The molecule has 0 bridgehead atoms. The molecule has 100 valence electrons. The van der Waals surface area contributed by atoms with Crippen molar-refractivity contribution >= 4 is 16.7 Å². The maximum Gasteiger partial charge on any atom is 0.113 e. The lowest BCUT2D eigenvalue weighted by Gasteiger charge is -2.34. The fourth-order valence-electron chi connectivity index (χ4n) is 3.03. The van der Waals surface area contributed by atoms with E-state index in [1.54, 1.807) is 4.68 Å². The van der Waals surface area contributed by atoms with E-state index in [1.165, 1.54) is 6.42 Å². The molecule has 0 unspecified atom stereocenters. The second-order valence-corrected chi connectivity index (χ2v) is 5.26. The Labute approximate surface area is 112 Å². The summed E-state index contributed by atoms with van der Waals surface area (Å²) in [5.41, 5.74) is 1.92. The van der Waals surface area contributed by atoms with Crippen molar-refractivity contribution in [3.05, 3.63) is 30.3 Å². The zero-order valence-electron chi connectivity index (χ0n) is 11.2. The average Bonchev–Trinajstić information content (AvgIpc) is 2.84. The van der Waals surface area contributed by atoms with Crippen LogP contribution < -0.4 is 0 Å². The summed E-state index contributed by atoms with van der Waals surface area (Å²) in [6.45, 7) is 1.96. The molecule has 1 fully saturated rings. The lowest BCUT2D eigenvalue weighted by Crippen LogP contribution is -2.35. The van der Waals surface area contributed by atoms with Crippen LogP contribution in [0.25, 0.3) is 16.7 Å². The van der Waals surface area contributed by atoms with E-state index >= 15 is 0 Å². The summed E-state index contributed by atoms with van der Waals surface area (Å²) >= 11 is 0. The van der Waals surface area contributed by atoms with Gasteiger partial charge in [-0.2, -0.15) is 0 Å². The SMILES string of the molecule is C/C=C(\n1nnc2ccccc21)C1(O)CCCCC1. The molecule has 0 spiro atoms. The van der Waals surface area contributed by atoms with Crippen molar-refractivity contribution in [3.8, 4) is 0 Å². The van der Waals surface area contributed by atoms with Crippen molar-refractivity contribution < 1.29 is 5.11 Å². The first-order chi connectivity index (χ1) is 9.24. The van der Waals surface area contributed by atoms with Crippen LogP contribution in [-0.2, 0) is 0 Å². The number of para-hydroxylation sites is 1. The van der Waals surface area contributed by atoms with Crippen LogP contribution in [-0.4, -0.2) is 25.7 Å². The van der Waals surface area contributed by atoms with Gasteiger partial charge < -0.3 is 5.11 Å². The average molecular weight is 257 g/mol. The fraction of sp³-hybridized carbons (Fsp3) is 0.467. The molecule has 0 saturated heterocycles. The number of hydrogen-bond donors (Lipinski definition) is 1. The molecule has 2 aromatic rings. The molecule has 1 saturated carbocycles. The second-order valence-electron chi connectivity index (χ2n) is 5.26. The molecule has 4 nitrogen and oxygen atoms in total.